The number of aryl methyl sites for hydroxylation is 1. The van der Waals surface area contributed by atoms with Crippen molar-refractivity contribution in [3.05, 3.63) is 54.4 Å². The zero-order valence-electron chi connectivity index (χ0n) is 17.9. The zero-order valence-corrected chi connectivity index (χ0v) is 18.7. The Balaban J connectivity index is 1.77. The first kappa shape index (κ1) is 22.0. The second kappa shape index (κ2) is 10.4. The topological polar surface area (TPSA) is 77.1 Å². The Kier molecular flexibility index (Phi) is 7.59. The van der Waals surface area contributed by atoms with Crippen LogP contribution in [0.4, 0.5) is 5.69 Å². The van der Waals surface area contributed by atoms with E-state index in [1.54, 1.807) is 12.4 Å². The van der Waals surface area contributed by atoms with Gasteiger partial charge in [0.05, 0.1) is 25.9 Å². The molecule has 0 saturated carbocycles. The van der Waals surface area contributed by atoms with Gasteiger partial charge in [0.25, 0.3) is 0 Å². The molecule has 0 aliphatic carbocycles. The van der Waals surface area contributed by atoms with Gasteiger partial charge in [0.15, 0.2) is 11.0 Å². The second-order valence-electron chi connectivity index (χ2n) is 7.57. The van der Waals surface area contributed by atoms with Crippen molar-refractivity contribution in [1.82, 2.24) is 19.7 Å². The Morgan fingerprint density at radius 2 is 1.90 bits per heavy atom. The molecule has 0 fully saturated rings. The number of anilines is 1. The summed E-state index contributed by atoms with van der Waals surface area (Å²) < 4.78 is 2.11. The van der Waals surface area contributed by atoms with Crippen molar-refractivity contribution in [1.29, 1.82) is 0 Å². The maximum absolute atomic E-state index is 12.8. The minimum Gasteiger partial charge on any atom is -0.340 e. The fourth-order valence-electron chi connectivity index (χ4n) is 3.04. The molecular weight excluding hydrogens is 396 g/mol. The van der Waals surface area contributed by atoms with Gasteiger partial charge in [-0.3, -0.25) is 9.78 Å². The van der Waals surface area contributed by atoms with E-state index in [4.69, 9.17) is 0 Å². The number of thioether (sulfide) groups is 1. The van der Waals surface area contributed by atoms with Crippen LogP contribution in [0, 0.1) is 6.92 Å². The van der Waals surface area contributed by atoms with E-state index in [1.165, 1.54) is 16.7 Å². The molecule has 3 aromatic rings. The molecule has 2 heterocycles. The first-order valence-electron chi connectivity index (χ1n) is 10.1. The van der Waals surface area contributed by atoms with Gasteiger partial charge >= 0.3 is 0 Å². The SMILES string of the molecule is Cc1ccccc1NC(=O)[C@H](C)Sc1nnc(-c2ccncc2)n1CCC[NH+](C)C. The van der Waals surface area contributed by atoms with E-state index in [0.29, 0.717) is 0 Å². The van der Waals surface area contributed by atoms with Gasteiger partial charge in [0.1, 0.15) is 0 Å². The number of rotatable bonds is 9. The van der Waals surface area contributed by atoms with E-state index in [1.807, 2.05) is 50.2 Å². The fraction of sp³-hybridized carbons (Fsp3) is 0.364. The molecule has 0 radical (unpaired) electrons. The zero-order chi connectivity index (χ0) is 21.5. The van der Waals surface area contributed by atoms with Gasteiger partial charge in [-0.1, -0.05) is 30.0 Å². The third kappa shape index (κ3) is 5.67. The molecule has 0 spiro atoms. The number of carbonyl (C=O) groups excluding carboxylic acids is 1. The van der Waals surface area contributed by atoms with Crippen LogP contribution in [0.2, 0.25) is 0 Å². The highest BCUT2D eigenvalue weighted by molar-refractivity contribution is 8.00. The summed E-state index contributed by atoms with van der Waals surface area (Å²) in [4.78, 5) is 18.2. The number of pyridine rings is 1. The lowest BCUT2D eigenvalue weighted by molar-refractivity contribution is -0.858. The van der Waals surface area contributed by atoms with E-state index in [0.717, 1.165) is 47.3 Å². The van der Waals surface area contributed by atoms with Crippen molar-refractivity contribution in [3.63, 3.8) is 0 Å². The molecule has 158 valence electrons. The summed E-state index contributed by atoms with van der Waals surface area (Å²) in [6.07, 6.45) is 4.50. The van der Waals surface area contributed by atoms with Gasteiger partial charge in [-0.25, -0.2) is 0 Å². The van der Waals surface area contributed by atoms with Gasteiger partial charge < -0.3 is 14.8 Å². The lowest BCUT2D eigenvalue weighted by Gasteiger charge is -2.15. The highest BCUT2D eigenvalue weighted by Crippen LogP contribution is 2.27. The average Bonchev–Trinajstić information content (AvgIpc) is 3.12. The van der Waals surface area contributed by atoms with Crippen LogP contribution < -0.4 is 10.2 Å². The summed E-state index contributed by atoms with van der Waals surface area (Å²) in [6.45, 7) is 5.72. The van der Waals surface area contributed by atoms with Crippen molar-refractivity contribution in [2.24, 2.45) is 0 Å². The molecule has 1 aromatic carbocycles. The molecule has 0 aliphatic rings. The Morgan fingerprint density at radius 3 is 2.60 bits per heavy atom. The number of nitrogens with zero attached hydrogens (tertiary/aromatic N) is 4. The maximum Gasteiger partial charge on any atom is 0.237 e. The summed E-state index contributed by atoms with van der Waals surface area (Å²) in [5, 5.41) is 12.3. The van der Waals surface area contributed by atoms with Crippen LogP contribution in [0.1, 0.15) is 18.9 Å². The smallest absolute Gasteiger partial charge is 0.237 e. The first-order valence-corrected chi connectivity index (χ1v) is 11.0. The van der Waals surface area contributed by atoms with Crippen molar-refractivity contribution in [3.8, 4) is 11.4 Å². The van der Waals surface area contributed by atoms with Crippen molar-refractivity contribution < 1.29 is 9.69 Å². The van der Waals surface area contributed by atoms with E-state index in [9.17, 15) is 4.79 Å². The van der Waals surface area contributed by atoms with Crippen LogP contribution in [0.5, 0.6) is 0 Å². The third-order valence-corrected chi connectivity index (χ3v) is 5.85. The molecule has 0 unspecified atom stereocenters. The molecule has 7 nitrogen and oxygen atoms in total. The fourth-order valence-corrected chi connectivity index (χ4v) is 3.92. The lowest BCUT2D eigenvalue weighted by atomic mass is 10.2. The molecular formula is C22H29N6OS+. The molecule has 0 aliphatic heterocycles. The number of para-hydroxylation sites is 1. The van der Waals surface area contributed by atoms with E-state index in [2.05, 4.69) is 39.2 Å². The largest absolute Gasteiger partial charge is 0.340 e. The average molecular weight is 426 g/mol. The summed E-state index contributed by atoms with van der Waals surface area (Å²) in [6, 6.07) is 11.6. The number of amides is 1. The normalized spacial score (nSPS) is 12.2. The Labute approximate surface area is 181 Å². The van der Waals surface area contributed by atoms with E-state index in [-0.39, 0.29) is 11.2 Å². The third-order valence-electron chi connectivity index (χ3n) is 4.77. The van der Waals surface area contributed by atoms with Gasteiger partial charge in [-0.2, -0.15) is 0 Å². The molecule has 3 rings (SSSR count). The number of hydrogen-bond donors (Lipinski definition) is 2. The summed E-state index contributed by atoms with van der Waals surface area (Å²) >= 11 is 1.43. The van der Waals surface area contributed by atoms with Gasteiger partial charge in [-0.15, -0.1) is 10.2 Å². The predicted molar refractivity (Wildman–Crippen MR) is 121 cm³/mol. The molecule has 1 amide bonds. The molecule has 0 bridgehead atoms. The Hall–Kier alpha value is -2.71. The van der Waals surface area contributed by atoms with E-state index >= 15 is 0 Å². The molecule has 30 heavy (non-hydrogen) atoms. The number of hydrogen-bond acceptors (Lipinski definition) is 5. The molecule has 2 aromatic heterocycles. The summed E-state index contributed by atoms with van der Waals surface area (Å²) in [5.41, 5.74) is 2.85. The molecule has 1 atom stereocenters. The summed E-state index contributed by atoms with van der Waals surface area (Å²) in [7, 11) is 4.28. The molecule has 0 saturated heterocycles. The molecule has 2 N–H and O–H groups in total. The van der Waals surface area contributed by atoms with Crippen molar-refractivity contribution >= 4 is 23.4 Å². The highest BCUT2D eigenvalue weighted by Gasteiger charge is 2.21. The number of benzene rings is 1. The predicted octanol–water partition coefficient (Wildman–Crippen LogP) is 2.30. The van der Waals surface area contributed by atoms with Gasteiger partial charge in [0.2, 0.25) is 5.91 Å². The maximum atomic E-state index is 12.8. The standard InChI is InChI=1S/C22H28N6OS/c1-16-8-5-6-9-19(16)24-21(29)17(2)30-22-26-25-20(18-10-12-23-13-11-18)28(22)15-7-14-27(3)4/h5-6,8-13,17H,7,14-15H2,1-4H3,(H,24,29)/p+1/t17-/m0/s1. The number of aromatic nitrogens is 4. The monoisotopic (exact) mass is 425 g/mol. The van der Waals surface area contributed by atoms with E-state index < -0.39 is 0 Å². The quantitative estimate of drug-likeness (QED) is 0.515. The Bertz CT molecular complexity index is 973. The van der Waals surface area contributed by atoms with Crippen molar-refractivity contribution in [2.45, 2.75) is 37.2 Å². The minimum atomic E-state index is -0.308. The van der Waals surface area contributed by atoms with Crippen LogP contribution in [0.25, 0.3) is 11.4 Å². The van der Waals surface area contributed by atoms with Crippen LogP contribution in [0.15, 0.2) is 53.9 Å². The van der Waals surface area contributed by atoms with Crippen LogP contribution >= 0.6 is 11.8 Å². The number of quaternary nitrogens is 1. The first-order chi connectivity index (χ1) is 14.5. The van der Waals surface area contributed by atoms with Crippen molar-refractivity contribution in [2.75, 3.05) is 26.0 Å². The van der Waals surface area contributed by atoms with Crippen LogP contribution in [-0.4, -0.2) is 51.5 Å². The lowest BCUT2D eigenvalue weighted by Crippen LogP contribution is -3.05. The second-order valence-corrected chi connectivity index (χ2v) is 8.88. The van der Waals surface area contributed by atoms with Gasteiger partial charge in [0, 0.05) is 36.6 Å². The Morgan fingerprint density at radius 1 is 1.17 bits per heavy atom. The molecule has 8 heteroatoms. The minimum absolute atomic E-state index is 0.0490. The highest BCUT2D eigenvalue weighted by atomic mass is 32.2. The van der Waals surface area contributed by atoms with Crippen LogP contribution in [0.3, 0.4) is 0 Å². The number of nitrogens with one attached hydrogen (secondary N) is 2. The van der Waals surface area contributed by atoms with Gasteiger partial charge in [-0.05, 0) is 37.6 Å². The summed E-state index contributed by atoms with van der Waals surface area (Å²) in [5.74, 6) is 0.757. The number of carbonyl (C=O) groups is 1. The van der Waals surface area contributed by atoms with Crippen LogP contribution in [-0.2, 0) is 11.3 Å².